The lowest BCUT2D eigenvalue weighted by molar-refractivity contribution is 0.0874. The van der Waals surface area contributed by atoms with E-state index in [4.69, 9.17) is 0 Å². The first-order valence-electron chi connectivity index (χ1n) is 6.88. The normalized spacial score (nSPS) is 30.4. The van der Waals surface area contributed by atoms with Crippen molar-refractivity contribution in [1.82, 2.24) is 10.3 Å². The minimum atomic E-state index is 0.201. The number of piperidine rings is 1. The Bertz CT molecular complexity index is 471. The van der Waals surface area contributed by atoms with Crippen molar-refractivity contribution < 1.29 is 4.79 Å². The quantitative estimate of drug-likeness (QED) is 0.812. The molecule has 18 heavy (non-hydrogen) atoms. The zero-order valence-electron chi connectivity index (χ0n) is 11.1. The van der Waals surface area contributed by atoms with Gasteiger partial charge < -0.3 is 5.32 Å². The lowest BCUT2D eigenvalue weighted by Gasteiger charge is -2.28. The molecule has 0 radical (unpaired) electrons. The molecule has 0 amide bonds. The average molecular weight is 244 g/mol. The van der Waals surface area contributed by atoms with Gasteiger partial charge in [0.25, 0.3) is 0 Å². The largest absolute Gasteiger partial charge is 0.311 e. The Balaban J connectivity index is 1.82. The second-order valence-electron chi connectivity index (χ2n) is 5.76. The zero-order chi connectivity index (χ0) is 12.7. The summed E-state index contributed by atoms with van der Waals surface area (Å²) >= 11 is 0. The molecule has 2 atom stereocenters. The Morgan fingerprint density at radius 2 is 1.89 bits per heavy atom. The number of rotatable bonds is 2. The van der Waals surface area contributed by atoms with Crippen LogP contribution in [0.3, 0.4) is 0 Å². The van der Waals surface area contributed by atoms with E-state index < -0.39 is 0 Å². The Hall–Kier alpha value is -1.22. The summed E-state index contributed by atoms with van der Waals surface area (Å²) in [6, 6.07) is 5.02. The van der Waals surface area contributed by atoms with Gasteiger partial charge in [-0.1, -0.05) is 0 Å². The van der Waals surface area contributed by atoms with Gasteiger partial charge in [0.15, 0.2) is 5.78 Å². The molecule has 2 unspecified atom stereocenters. The van der Waals surface area contributed by atoms with Crippen LogP contribution in [0.4, 0.5) is 0 Å². The molecule has 2 bridgehead atoms. The maximum atomic E-state index is 12.6. The standard InChI is InChI=1S/C15H20N2O/c1-9-3-6-14(10(2)16-9)15(18)11-7-12-4-5-13(8-11)17-12/h3,6,11-13,17H,4-5,7-8H2,1-2H3. The van der Waals surface area contributed by atoms with E-state index in [0.717, 1.165) is 29.8 Å². The number of aromatic nitrogens is 1. The van der Waals surface area contributed by atoms with E-state index in [9.17, 15) is 4.79 Å². The Labute approximate surface area is 108 Å². The Morgan fingerprint density at radius 1 is 1.22 bits per heavy atom. The molecule has 1 N–H and O–H groups in total. The van der Waals surface area contributed by atoms with Crippen molar-refractivity contribution >= 4 is 5.78 Å². The molecule has 0 spiro atoms. The Morgan fingerprint density at radius 3 is 2.50 bits per heavy atom. The van der Waals surface area contributed by atoms with E-state index in [1.807, 2.05) is 26.0 Å². The van der Waals surface area contributed by atoms with E-state index in [-0.39, 0.29) is 5.92 Å². The summed E-state index contributed by atoms with van der Waals surface area (Å²) in [5.41, 5.74) is 2.69. The van der Waals surface area contributed by atoms with Crippen LogP contribution in [0.1, 0.15) is 47.4 Å². The predicted molar refractivity (Wildman–Crippen MR) is 70.7 cm³/mol. The van der Waals surface area contributed by atoms with Crippen LogP contribution in [0.25, 0.3) is 0 Å². The fraction of sp³-hybridized carbons (Fsp3) is 0.600. The molecule has 3 nitrogen and oxygen atoms in total. The first kappa shape index (κ1) is 11.8. The highest BCUT2D eigenvalue weighted by molar-refractivity contribution is 5.98. The molecular weight excluding hydrogens is 224 g/mol. The highest BCUT2D eigenvalue weighted by Gasteiger charge is 2.37. The van der Waals surface area contributed by atoms with Crippen molar-refractivity contribution in [3.63, 3.8) is 0 Å². The van der Waals surface area contributed by atoms with Crippen LogP contribution in [0, 0.1) is 19.8 Å². The van der Waals surface area contributed by atoms with E-state index in [2.05, 4.69) is 10.3 Å². The Kier molecular flexibility index (Phi) is 2.94. The van der Waals surface area contributed by atoms with Crippen molar-refractivity contribution in [1.29, 1.82) is 0 Å². The number of hydrogen-bond donors (Lipinski definition) is 1. The van der Waals surface area contributed by atoms with E-state index in [0.29, 0.717) is 17.9 Å². The van der Waals surface area contributed by atoms with Crippen molar-refractivity contribution in [2.45, 2.75) is 51.6 Å². The van der Waals surface area contributed by atoms with Crippen LogP contribution < -0.4 is 5.32 Å². The second-order valence-corrected chi connectivity index (χ2v) is 5.76. The first-order valence-corrected chi connectivity index (χ1v) is 6.88. The van der Waals surface area contributed by atoms with Gasteiger partial charge >= 0.3 is 0 Å². The summed E-state index contributed by atoms with van der Waals surface area (Å²) in [5.74, 6) is 0.505. The SMILES string of the molecule is Cc1ccc(C(=O)C2CC3CCC(C2)N3)c(C)n1. The van der Waals surface area contributed by atoms with Gasteiger partial charge in [-0.2, -0.15) is 0 Å². The summed E-state index contributed by atoms with van der Waals surface area (Å²) in [4.78, 5) is 17.0. The van der Waals surface area contributed by atoms with Crippen LogP contribution in [0.5, 0.6) is 0 Å². The molecule has 2 aliphatic heterocycles. The fourth-order valence-electron chi connectivity index (χ4n) is 3.44. The molecule has 0 aromatic carbocycles. The molecule has 3 heterocycles. The number of pyridine rings is 1. The maximum Gasteiger partial charge on any atom is 0.167 e. The maximum absolute atomic E-state index is 12.6. The van der Waals surface area contributed by atoms with Gasteiger partial charge in [0.1, 0.15) is 0 Å². The van der Waals surface area contributed by atoms with Gasteiger partial charge in [-0.3, -0.25) is 9.78 Å². The van der Waals surface area contributed by atoms with Gasteiger partial charge in [0.05, 0.1) is 0 Å². The van der Waals surface area contributed by atoms with E-state index in [1.54, 1.807) is 0 Å². The monoisotopic (exact) mass is 244 g/mol. The molecule has 1 aromatic rings. The van der Waals surface area contributed by atoms with Crippen LogP contribution >= 0.6 is 0 Å². The molecule has 0 saturated carbocycles. The number of ketones is 1. The summed E-state index contributed by atoms with van der Waals surface area (Å²) < 4.78 is 0. The van der Waals surface area contributed by atoms with Gasteiger partial charge in [-0.05, 0) is 51.7 Å². The third-order valence-electron chi connectivity index (χ3n) is 4.33. The van der Waals surface area contributed by atoms with Crippen molar-refractivity contribution in [3.8, 4) is 0 Å². The lowest BCUT2D eigenvalue weighted by Crippen LogP contribution is -2.40. The van der Waals surface area contributed by atoms with Gasteiger partial charge in [0.2, 0.25) is 0 Å². The summed E-state index contributed by atoms with van der Waals surface area (Å²) in [6.07, 6.45) is 4.48. The molecule has 2 saturated heterocycles. The molecule has 3 heteroatoms. The van der Waals surface area contributed by atoms with Crippen LogP contribution in [0.2, 0.25) is 0 Å². The van der Waals surface area contributed by atoms with E-state index in [1.165, 1.54) is 12.8 Å². The minimum absolute atomic E-state index is 0.201. The third kappa shape index (κ3) is 2.07. The first-order chi connectivity index (χ1) is 8.63. The van der Waals surface area contributed by atoms with Crippen molar-refractivity contribution in [2.75, 3.05) is 0 Å². The fourth-order valence-corrected chi connectivity index (χ4v) is 3.44. The number of carbonyl (C=O) groups is 1. The van der Waals surface area contributed by atoms with Crippen molar-refractivity contribution in [2.24, 2.45) is 5.92 Å². The van der Waals surface area contributed by atoms with Crippen LogP contribution in [-0.4, -0.2) is 22.9 Å². The van der Waals surface area contributed by atoms with E-state index >= 15 is 0 Å². The van der Waals surface area contributed by atoms with Crippen LogP contribution in [-0.2, 0) is 0 Å². The summed E-state index contributed by atoms with van der Waals surface area (Å²) in [7, 11) is 0. The lowest BCUT2D eigenvalue weighted by atomic mass is 9.85. The van der Waals surface area contributed by atoms with Crippen LogP contribution in [0.15, 0.2) is 12.1 Å². The number of fused-ring (bicyclic) bond motifs is 2. The van der Waals surface area contributed by atoms with Crippen molar-refractivity contribution in [3.05, 3.63) is 29.1 Å². The number of nitrogens with one attached hydrogen (secondary N) is 1. The minimum Gasteiger partial charge on any atom is -0.311 e. The zero-order valence-corrected chi connectivity index (χ0v) is 11.1. The topological polar surface area (TPSA) is 42.0 Å². The van der Waals surface area contributed by atoms with Gasteiger partial charge in [-0.25, -0.2) is 0 Å². The number of carbonyl (C=O) groups excluding carboxylic acids is 1. The molecule has 2 fully saturated rings. The molecule has 1 aromatic heterocycles. The number of aryl methyl sites for hydroxylation is 2. The average Bonchev–Trinajstić information content (AvgIpc) is 2.67. The molecule has 0 aliphatic carbocycles. The summed E-state index contributed by atoms with van der Waals surface area (Å²) in [5, 5.41) is 3.58. The molecule has 96 valence electrons. The number of nitrogens with zero attached hydrogens (tertiary/aromatic N) is 1. The van der Waals surface area contributed by atoms with Gasteiger partial charge in [0, 0.05) is 35.0 Å². The highest BCUT2D eigenvalue weighted by atomic mass is 16.1. The smallest absolute Gasteiger partial charge is 0.167 e. The summed E-state index contributed by atoms with van der Waals surface area (Å²) in [6.45, 7) is 3.90. The third-order valence-corrected chi connectivity index (χ3v) is 4.33. The molecule has 2 aliphatic rings. The van der Waals surface area contributed by atoms with Gasteiger partial charge in [-0.15, -0.1) is 0 Å². The second kappa shape index (κ2) is 4.47. The molecule has 3 rings (SSSR count). The number of Topliss-reactive ketones (excluding diaryl/α,β-unsaturated/α-hetero) is 1. The number of hydrogen-bond acceptors (Lipinski definition) is 3. The predicted octanol–water partition coefficient (Wildman–Crippen LogP) is 2.41. The highest BCUT2D eigenvalue weighted by Crippen LogP contribution is 2.33. The molecular formula is C15H20N2O.